The topological polar surface area (TPSA) is 56.2 Å². The van der Waals surface area contributed by atoms with Gasteiger partial charge in [-0.3, -0.25) is 4.79 Å². The van der Waals surface area contributed by atoms with E-state index < -0.39 is 0 Å². The third-order valence-corrected chi connectivity index (χ3v) is 2.87. The van der Waals surface area contributed by atoms with Crippen LogP contribution in [0.25, 0.3) is 11.0 Å². The Labute approximate surface area is 101 Å². The van der Waals surface area contributed by atoms with E-state index in [2.05, 4.69) is 0 Å². The zero-order valence-electron chi connectivity index (χ0n) is 10.0. The molecule has 1 aromatic heterocycles. The van der Waals surface area contributed by atoms with Crippen LogP contribution in [0.4, 0.5) is 0 Å². The molecule has 0 aliphatic carbocycles. The molecule has 3 nitrogen and oxygen atoms in total. The van der Waals surface area contributed by atoms with Crippen molar-refractivity contribution in [1.82, 2.24) is 0 Å². The third kappa shape index (κ3) is 2.56. The number of unbranched alkanes of at least 4 members (excludes halogenated alkanes) is 1. The van der Waals surface area contributed by atoms with E-state index in [0.29, 0.717) is 18.7 Å². The summed E-state index contributed by atoms with van der Waals surface area (Å²) in [5, 5.41) is 0.993. The number of aryl methyl sites for hydroxylation is 1. The minimum absolute atomic E-state index is 0.0639. The van der Waals surface area contributed by atoms with Crippen molar-refractivity contribution < 1.29 is 9.21 Å². The summed E-state index contributed by atoms with van der Waals surface area (Å²) in [5.74, 6) is 0.528. The quantitative estimate of drug-likeness (QED) is 0.635. The minimum Gasteiger partial charge on any atom is -0.453 e. The summed E-state index contributed by atoms with van der Waals surface area (Å²) in [6.45, 7) is 2.61. The molecule has 0 unspecified atom stereocenters. The lowest BCUT2D eigenvalue weighted by molar-refractivity contribution is 0.0955. The van der Waals surface area contributed by atoms with Crippen LogP contribution < -0.4 is 5.73 Å². The highest BCUT2D eigenvalue weighted by Gasteiger charge is 2.12. The first-order chi connectivity index (χ1) is 8.22. The summed E-state index contributed by atoms with van der Waals surface area (Å²) in [7, 11) is 0. The average Bonchev–Trinajstić information content (AvgIpc) is 2.75. The minimum atomic E-state index is 0.0639. The number of para-hydroxylation sites is 1. The number of furan rings is 1. The Morgan fingerprint density at radius 2 is 2.18 bits per heavy atom. The second kappa shape index (κ2) is 5.15. The molecule has 0 spiro atoms. The molecule has 0 bridgehead atoms. The van der Waals surface area contributed by atoms with E-state index in [1.165, 1.54) is 0 Å². The van der Waals surface area contributed by atoms with E-state index in [9.17, 15) is 4.79 Å². The Bertz CT molecular complexity index is 528. The fourth-order valence-corrected chi connectivity index (χ4v) is 1.90. The van der Waals surface area contributed by atoms with Gasteiger partial charge in [0.25, 0.3) is 0 Å². The summed E-state index contributed by atoms with van der Waals surface area (Å²) in [6, 6.07) is 7.74. The standard InChI is InChI=1S/C14H17NO2/c1-10-5-4-6-11-9-13(17-14(10)11)12(16)7-2-3-8-15/h4-6,9H,2-3,7-8,15H2,1H3. The van der Waals surface area contributed by atoms with Gasteiger partial charge in [0.05, 0.1) is 0 Å². The Morgan fingerprint density at radius 1 is 1.35 bits per heavy atom. The summed E-state index contributed by atoms with van der Waals surface area (Å²) in [4.78, 5) is 11.9. The van der Waals surface area contributed by atoms with Crippen LogP contribution in [0.5, 0.6) is 0 Å². The molecule has 90 valence electrons. The molecular weight excluding hydrogens is 214 g/mol. The Kier molecular flexibility index (Phi) is 3.59. The van der Waals surface area contributed by atoms with Crippen LogP contribution in [0.15, 0.2) is 28.7 Å². The smallest absolute Gasteiger partial charge is 0.198 e. The lowest BCUT2D eigenvalue weighted by Crippen LogP contribution is -2.01. The maximum Gasteiger partial charge on any atom is 0.198 e. The third-order valence-electron chi connectivity index (χ3n) is 2.87. The van der Waals surface area contributed by atoms with Gasteiger partial charge in [0.2, 0.25) is 0 Å². The van der Waals surface area contributed by atoms with Crippen molar-refractivity contribution in [3.8, 4) is 0 Å². The summed E-state index contributed by atoms with van der Waals surface area (Å²) >= 11 is 0. The van der Waals surface area contributed by atoms with Crippen LogP contribution in [-0.4, -0.2) is 12.3 Å². The predicted molar refractivity (Wildman–Crippen MR) is 68.2 cm³/mol. The van der Waals surface area contributed by atoms with Crippen molar-refractivity contribution in [2.75, 3.05) is 6.54 Å². The molecule has 17 heavy (non-hydrogen) atoms. The summed E-state index contributed by atoms with van der Waals surface area (Å²) < 4.78 is 5.61. The zero-order chi connectivity index (χ0) is 12.3. The number of hydrogen-bond acceptors (Lipinski definition) is 3. The highest BCUT2D eigenvalue weighted by molar-refractivity contribution is 5.97. The fraction of sp³-hybridized carbons (Fsp3) is 0.357. The van der Waals surface area contributed by atoms with Gasteiger partial charge >= 0.3 is 0 Å². The first kappa shape index (κ1) is 11.9. The monoisotopic (exact) mass is 231 g/mol. The molecule has 0 fully saturated rings. The van der Waals surface area contributed by atoms with Crippen molar-refractivity contribution in [3.63, 3.8) is 0 Å². The molecule has 3 heteroatoms. The first-order valence-electron chi connectivity index (χ1n) is 5.95. The van der Waals surface area contributed by atoms with Crippen LogP contribution in [0.1, 0.15) is 35.4 Å². The van der Waals surface area contributed by atoms with Gasteiger partial charge in [0, 0.05) is 11.8 Å². The van der Waals surface area contributed by atoms with E-state index in [-0.39, 0.29) is 5.78 Å². The van der Waals surface area contributed by atoms with Gasteiger partial charge in [-0.05, 0) is 37.9 Å². The number of benzene rings is 1. The zero-order valence-corrected chi connectivity index (χ0v) is 10.0. The van der Waals surface area contributed by atoms with Crippen LogP contribution >= 0.6 is 0 Å². The number of carbonyl (C=O) groups is 1. The SMILES string of the molecule is Cc1cccc2cc(C(=O)CCCCN)oc12. The van der Waals surface area contributed by atoms with Crippen LogP contribution in [0.3, 0.4) is 0 Å². The van der Waals surface area contributed by atoms with E-state index >= 15 is 0 Å². The summed E-state index contributed by atoms with van der Waals surface area (Å²) in [5.41, 5.74) is 7.27. The second-order valence-electron chi connectivity index (χ2n) is 4.27. The summed E-state index contributed by atoms with van der Waals surface area (Å²) in [6.07, 6.45) is 2.21. The molecular formula is C14H17NO2. The molecule has 0 aliphatic heterocycles. The molecule has 1 heterocycles. The van der Waals surface area contributed by atoms with Gasteiger partial charge in [-0.25, -0.2) is 0 Å². The Balaban J connectivity index is 2.19. The largest absolute Gasteiger partial charge is 0.453 e. The molecule has 0 saturated carbocycles. The highest BCUT2D eigenvalue weighted by atomic mass is 16.3. The molecule has 0 aliphatic rings. The van der Waals surface area contributed by atoms with Crippen LogP contribution in [-0.2, 0) is 0 Å². The molecule has 2 aromatic rings. The van der Waals surface area contributed by atoms with E-state index in [1.54, 1.807) is 0 Å². The number of rotatable bonds is 5. The van der Waals surface area contributed by atoms with Crippen LogP contribution in [0.2, 0.25) is 0 Å². The van der Waals surface area contributed by atoms with Crippen molar-refractivity contribution in [1.29, 1.82) is 0 Å². The molecule has 1 aromatic carbocycles. The van der Waals surface area contributed by atoms with Gasteiger partial charge in [0.1, 0.15) is 5.58 Å². The van der Waals surface area contributed by atoms with Crippen molar-refractivity contribution in [2.24, 2.45) is 5.73 Å². The molecule has 2 N–H and O–H groups in total. The number of nitrogens with two attached hydrogens (primary N) is 1. The number of hydrogen-bond donors (Lipinski definition) is 1. The Hall–Kier alpha value is -1.61. The second-order valence-corrected chi connectivity index (χ2v) is 4.27. The van der Waals surface area contributed by atoms with Crippen LogP contribution in [0, 0.1) is 6.92 Å². The van der Waals surface area contributed by atoms with Crippen molar-refractivity contribution >= 4 is 16.8 Å². The van der Waals surface area contributed by atoms with Gasteiger partial charge in [-0.1, -0.05) is 18.2 Å². The van der Waals surface area contributed by atoms with Crippen molar-refractivity contribution in [3.05, 3.63) is 35.6 Å². The van der Waals surface area contributed by atoms with E-state index in [0.717, 1.165) is 29.4 Å². The average molecular weight is 231 g/mol. The van der Waals surface area contributed by atoms with Gasteiger partial charge in [0.15, 0.2) is 11.5 Å². The maximum atomic E-state index is 11.9. The molecule has 0 amide bonds. The number of carbonyl (C=O) groups excluding carboxylic acids is 1. The highest BCUT2D eigenvalue weighted by Crippen LogP contribution is 2.23. The van der Waals surface area contributed by atoms with E-state index in [4.69, 9.17) is 10.2 Å². The molecule has 0 atom stereocenters. The molecule has 0 radical (unpaired) electrons. The number of fused-ring (bicyclic) bond motifs is 1. The van der Waals surface area contributed by atoms with Crippen molar-refractivity contribution in [2.45, 2.75) is 26.2 Å². The lowest BCUT2D eigenvalue weighted by atomic mass is 10.1. The Morgan fingerprint density at radius 3 is 2.88 bits per heavy atom. The predicted octanol–water partition coefficient (Wildman–Crippen LogP) is 3.05. The molecule has 0 saturated heterocycles. The lowest BCUT2D eigenvalue weighted by Gasteiger charge is -1.96. The van der Waals surface area contributed by atoms with Gasteiger partial charge in [-0.15, -0.1) is 0 Å². The van der Waals surface area contributed by atoms with Gasteiger partial charge in [-0.2, -0.15) is 0 Å². The first-order valence-corrected chi connectivity index (χ1v) is 5.95. The van der Waals surface area contributed by atoms with E-state index in [1.807, 2.05) is 31.2 Å². The fourth-order valence-electron chi connectivity index (χ4n) is 1.90. The maximum absolute atomic E-state index is 11.9. The normalized spacial score (nSPS) is 10.9. The van der Waals surface area contributed by atoms with Gasteiger partial charge < -0.3 is 10.2 Å². The number of ketones is 1. The molecule has 2 rings (SSSR count). The number of Topliss-reactive ketones (excluding diaryl/α,β-unsaturated/α-hetero) is 1.